The number of esters is 2. The molecule has 0 radical (unpaired) electrons. The van der Waals surface area contributed by atoms with Crippen molar-refractivity contribution in [3.63, 3.8) is 0 Å². The van der Waals surface area contributed by atoms with Crippen molar-refractivity contribution >= 4 is 24.1 Å². The third-order valence-electron chi connectivity index (χ3n) is 12.9. The first kappa shape index (κ1) is 57.6. The molecule has 1 aliphatic carbocycles. The van der Waals surface area contributed by atoms with Crippen LogP contribution in [0.5, 0.6) is 46.0 Å². The molecule has 0 amide bonds. The number of carbonyl (C=O) groups excluding carboxylic acids is 2. The van der Waals surface area contributed by atoms with Gasteiger partial charge in [0, 0.05) is 29.8 Å². The molecule has 12 N–H and O–H groups in total. The molecule has 5 aliphatic rings. The first-order valence-electron chi connectivity index (χ1n) is 24.1. The van der Waals surface area contributed by atoms with Crippen molar-refractivity contribution in [1.82, 2.24) is 0 Å². The molecule has 0 aromatic heterocycles. The number of hydrogen-bond donors (Lipinski definition) is 12. The van der Waals surface area contributed by atoms with Crippen LogP contribution in [0.1, 0.15) is 18.1 Å². The Hall–Kier alpha value is -7.57. The third-order valence-corrected chi connectivity index (χ3v) is 12.9. The summed E-state index contributed by atoms with van der Waals surface area (Å²) in [4.78, 5) is 37.6. The summed E-state index contributed by atoms with van der Waals surface area (Å²) in [5, 5.41) is 127. The van der Waals surface area contributed by atoms with Crippen molar-refractivity contribution < 1.29 is 123 Å². The molecule has 79 heavy (non-hydrogen) atoms. The molecule has 3 aromatic rings. The van der Waals surface area contributed by atoms with Gasteiger partial charge in [-0.25, -0.2) is 9.59 Å². The molecular formula is C53H56O26. The SMILES string of the molecule is COc1cc(-c2oc3cc(=O)cc(O)c-3cc2OC2OC(COC3OC(C)C(OC(=O)C=Cc4ccc(OC5OC(COC(=O)C=Cc6ccc(O)c(O)c6)C(O)C(O)C5O)cc4)C(O)C3O)C(O)C(O)C2O)cc(OC)c1O. The standard InChI is InChI=1S/C53H56O26/c1-22-49(79-39(59)13-7-23-4-9-27(10-5-23)74-52-46(66)43(63)41(61)36(77-52)20-71-38(58)12-8-24-6-11-29(55)31(57)14-24)45(65)48(68)51(73-22)72-21-37-42(62)44(64)47(67)53(78-37)76-35-19-28-30(56)17-26(54)18-32(28)75-50(35)25-15-33(69-2)40(60)34(16-25)70-3/h4-19,22,36-37,41-49,51-53,55-57,60-68H,20-21H2,1-3H3. The molecule has 8 rings (SSSR count). The van der Waals surface area contributed by atoms with Crippen LogP contribution in [0, 0.1) is 0 Å². The molecule has 4 heterocycles. The Morgan fingerprint density at radius 2 is 1.15 bits per heavy atom. The summed E-state index contributed by atoms with van der Waals surface area (Å²) in [5.41, 5.74) is 0.310. The summed E-state index contributed by atoms with van der Waals surface area (Å²) in [5.74, 6) is -3.99. The number of phenolic OH excluding ortho intramolecular Hbond substituents is 4. The van der Waals surface area contributed by atoms with Gasteiger partial charge in [0.15, 0.2) is 52.3 Å². The second-order valence-electron chi connectivity index (χ2n) is 18.3. The predicted octanol–water partition coefficient (Wildman–Crippen LogP) is -0.0110. The topological polar surface area (TPSA) is 399 Å². The molecule has 26 heteroatoms. The Bertz CT molecular complexity index is 3010. The zero-order valence-electron chi connectivity index (χ0n) is 41.9. The summed E-state index contributed by atoms with van der Waals surface area (Å²) in [7, 11) is 2.55. The lowest BCUT2D eigenvalue weighted by molar-refractivity contribution is -0.319. The average Bonchev–Trinajstić information content (AvgIpc) is 3.51. The smallest absolute Gasteiger partial charge is 0.331 e. The number of hydrogen-bond acceptors (Lipinski definition) is 26. The largest absolute Gasteiger partial charge is 0.507 e. The van der Waals surface area contributed by atoms with Crippen molar-refractivity contribution in [3.8, 4) is 68.6 Å². The van der Waals surface area contributed by atoms with E-state index in [1.807, 2.05) is 0 Å². The summed E-state index contributed by atoms with van der Waals surface area (Å²) in [6.07, 6.45) is -20.3. The van der Waals surface area contributed by atoms with Crippen LogP contribution < -0.4 is 24.4 Å². The van der Waals surface area contributed by atoms with E-state index in [0.717, 1.165) is 24.3 Å². The summed E-state index contributed by atoms with van der Waals surface area (Å²) in [6.45, 7) is 0.193. The minimum absolute atomic E-state index is 0.0180. The van der Waals surface area contributed by atoms with E-state index in [4.69, 9.17) is 51.8 Å². The molecule has 424 valence electrons. The number of aliphatic hydroxyl groups is 8. The number of methoxy groups -OCH3 is 2. The van der Waals surface area contributed by atoms with Crippen molar-refractivity contribution in [2.75, 3.05) is 27.4 Å². The van der Waals surface area contributed by atoms with Gasteiger partial charge in [-0.2, -0.15) is 0 Å². The second-order valence-corrected chi connectivity index (χ2v) is 18.3. The fourth-order valence-corrected chi connectivity index (χ4v) is 8.56. The lowest BCUT2D eigenvalue weighted by Crippen LogP contribution is -2.62. The number of rotatable bonds is 17. The van der Waals surface area contributed by atoms with E-state index < -0.39 is 134 Å². The minimum Gasteiger partial charge on any atom is -0.507 e. The zero-order chi connectivity index (χ0) is 57.0. The maximum absolute atomic E-state index is 13.0. The van der Waals surface area contributed by atoms with E-state index in [2.05, 4.69) is 0 Å². The number of ether oxygens (including phenoxy) is 10. The third kappa shape index (κ3) is 13.0. The van der Waals surface area contributed by atoms with Crippen LogP contribution in [0.2, 0.25) is 0 Å². The Morgan fingerprint density at radius 1 is 0.570 bits per heavy atom. The average molecular weight is 1110 g/mol. The molecule has 3 saturated heterocycles. The first-order valence-corrected chi connectivity index (χ1v) is 24.1. The summed E-state index contributed by atoms with van der Waals surface area (Å²) >= 11 is 0. The van der Waals surface area contributed by atoms with Crippen molar-refractivity contribution in [1.29, 1.82) is 0 Å². The molecule has 15 unspecified atom stereocenters. The highest BCUT2D eigenvalue weighted by Crippen LogP contribution is 2.46. The molecule has 0 bridgehead atoms. The number of phenols is 4. The van der Waals surface area contributed by atoms with Gasteiger partial charge in [-0.1, -0.05) is 18.2 Å². The van der Waals surface area contributed by atoms with Gasteiger partial charge in [0.05, 0.1) is 32.5 Å². The molecule has 15 atom stereocenters. The van der Waals surface area contributed by atoms with Crippen molar-refractivity contribution in [2.45, 2.75) is 99.0 Å². The quantitative estimate of drug-likeness (QED) is 0.0331. The van der Waals surface area contributed by atoms with Crippen LogP contribution in [-0.2, 0) is 38.0 Å². The van der Waals surface area contributed by atoms with Crippen LogP contribution in [0.4, 0.5) is 0 Å². The number of carbonyl (C=O) groups is 2. The Balaban J connectivity index is 0.848. The zero-order valence-corrected chi connectivity index (χ0v) is 41.9. The molecule has 3 aromatic carbocycles. The van der Waals surface area contributed by atoms with Crippen LogP contribution in [0.15, 0.2) is 94.2 Å². The van der Waals surface area contributed by atoms with Gasteiger partial charge < -0.3 is 113 Å². The van der Waals surface area contributed by atoms with E-state index in [9.17, 15) is 75.7 Å². The van der Waals surface area contributed by atoms with Gasteiger partial charge in [-0.15, -0.1) is 0 Å². The lowest BCUT2D eigenvalue weighted by Gasteiger charge is -2.43. The lowest BCUT2D eigenvalue weighted by atomic mass is 9.98. The number of fused-ring (bicyclic) bond motifs is 1. The van der Waals surface area contributed by atoms with Gasteiger partial charge in [0.2, 0.25) is 18.3 Å². The highest BCUT2D eigenvalue weighted by Gasteiger charge is 2.49. The molecule has 0 spiro atoms. The molecule has 0 saturated carbocycles. The van der Waals surface area contributed by atoms with Gasteiger partial charge in [0.1, 0.15) is 84.9 Å². The molecular weight excluding hydrogens is 1050 g/mol. The number of aliphatic hydroxyl groups excluding tert-OH is 8. The molecule has 26 nitrogen and oxygen atoms in total. The van der Waals surface area contributed by atoms with Crippen molar-refractivity contribution in [2.24, 2.45) is 0 Å². The Morgan fingerprint density at radius 3 is 1.78 bits per heavy atom. The highest BCUT2D eigenvalue weighted by atomic mass is 16.7. The maximum Gasteiger partial charge on any atom is 0.331 e. The van der Waals surface area contributed by atoms with Gasteiger partial charge in [-0.3, -0.25) is 4.79 Å². The van der Waals surface area contributed by atoms with Crippen LogP contribution >= 0.6 is 0 Å². The van der Waals surface area contributed by atoms with Crippen LogP contribution in [0.3, 0.4) is 0 Å². The Labute approximate surface area is 447 Å². The van der Waals surface area contributed by atoms with E-state index >= 15 is 0 Å². The normalized spacial score (nSPS) is 29.1. The first-order chi connectivity index (χ1) is 37.6. The Kier molecular flexibility index (Phi) is 18.0. The van der Waals surface area contributed by atoms with Gasteiger partial charge in [0.25, 0.3) is 0 Å². The number of benzene rings is 4. The van der Waals surface area contributed by atoms with Crippen LogP contribution in [-0.4, -0.2) is 193 Å². The van der Waals surface area contributed by atoms with Crippen LogP contribution in [0.25, 0.3) is 34.8 Å². The molecule has 3 fully saturated rings. The highest BCUT2D eigenvalue weighted by molar-refractivity contribution is 5.88. The minimum atomic E-state index is -1.94. The van der Waals surface area contributed by atoms with Gasteiger partial charge >= 0.3 is 11.9 Å². The summed E-state index contributed by atoms with van der Waals surface area (Å²) < 4.78 is 61.8. The fraction of sp³-hybridized carbons (Fsp3) is 0.377. The fourth-order valence-electron chi connectivity index (χ4n) is 8.56. The van der Waals surface area contributed by atoms with Crippen molar-refractivity contribution in [3.05, 3.63) is 106 Å². The van der Waals surface area contributed by atoms with E-state index in [0.29, 0.717) is 11.1 Å². The second kappa shape index (κ2) is 24.6. The van der Waals surface area contributed by atoms with E-state index in [-0.39, 0.29) is 57.1 Å². The van der Waals surface area contributed by atoms with E-state index in [1.54, 1.807) is 0 Å². The monoisotopic (exact) mass is 1110 g/mol. The summed E-state index contributed by atoms with van der Waals surface area (Å²) in [6, 6.07) is 15.6. The van der Waals surface area contributed by atoms with E-state index in [1.165, 1.54) is 94.0 Å². The maximum atomic E-state index is 13.0. The number of aromatic hydroxyl groups is 4. The molecule has 4 aliphatic heterocycles. The predicted molar refractivity (Wildman–Crippen MR) is 266 cm³/mol. The van der Waals surface area contributed by atoms with Gasteiger partial charge in [-0.05, 0) is 72.7 Å².